The number of nitrogens with zero attached hydrogens (tertiary/aromatic N) is 1. The van der Waals surface area contributed by atoms with E-state index in [9.17, 15) is 4.79 Å². The van der Waals surface area contributed by atoms with Gasteiger partial charge in [-0.1, -0.05) is 12.1 Å². The molecule has 0 saturated heterocycles. The zero-order chi connectivity index (χ0) is 14.9. The summed E-state index contributed by atoms with van der Waals surface area (Å²) < 4.78 is 5.77. The normalized spacial score (nSPS) is 20.9. The van der Waals surface area contributed by atoms with Crippen molar-refractivity contribution < 1.29 is 9.53 Å². The Morgan fingerprint density at radius 2 is 2.24 bits per heavy atom. The van der Waals surface area contributed by atoms with Crippen LogP contribution in [0.2, 0.25) is 0 Å². The van der Waals surface area contributed by atoms with E-state index in [1.54, 1.807) is 0 Å². The van der Waals surface area contributed by atoms with E-state index in [0.29, 0.717) is 19.2 Å². The van der Waals surface area contributed by atoms with Gasteiger partial charge in [0.25, 0.3) is 0 Å². The second-order valence-electron chi connectivity index (χ2n) is 6.21. The van der Waals surface area contributed by atoms with Crippen molar-refractivity contribution in [2.75, 3.05) is 24.6 Å². The van der Waals surface area contributed by atoms with Crippen LogP contribution >= 0.6 is 0 Å². The van der Waals surface area contributed by atoms with Crippen LogP contribution in [0.1, 0.15) is 26.2 Å². The molecule has 1 aromatic rings. The van der Waals surface area contributed by atoms with Gasteiger partial charge in [-0.15, -0.1) is 0 Å². The van der Waals surface area contributed by atoms with Crippen molar-refractivity contribution in [3.63, 3.8) is 0 Å². The summed E-state index contributed by atoms with van der Waals surface area (Å²) in [6, 6.07) is 8.41. The first kappa shape index (κ1) is 14.2. The fraction of sp³-hybridized carbons (Fsp3) is 0.562. The number of hydrogen-bond donors (Lipinski definition) is 2. The van der Waals surface area contributed by atoms with Crippen LogP contribution in [0.5, 0.6) is 5.75 Å². The van der Waals surface area contributed by atoms with Gasteiger partial charge in [-0.05, 0) is 38.3 Å². The number of carbonyl (C=O) groups excluding carboxylic acids is 1. The maximum Gasteiger partial charge on any atom is 0.239 e. The van der Waals surface area contributed by atoms with Crippen LogP contribution in [0.3, 0.4) is 0 Å². The molecule has 1 atom stereocenters. The van der Waals surface area contributed by atoms with Gasteiger partial charge in [0.05, 0.1) is 12.3 Å². The van der Waals surface area contributed by atoms with Gasteiger partial charge in [-0.3, -0.25) is 10.1 Å². The van der Waals surface area contributed by atoms with Gasteiger partial charge in [-0.2, -0.15) is 0 Å². The zero-order valence-corrected chi connectivity index (χ0v) is 12.5. The monoisotopic (exact) mass is 289 g/mol. The third kappa shape index (κ3) is 3.13. The lowest BCUT2D eigenvalue weighted by atomic mass is 9.99. The smallest absolute Gasteiger partial charge is 0.239 e. The molecule has 1 aliphatic heterocycles. The standard InChI is InChI=1S/C16H23N3O2/c1-16(15(17)20,18-12-7-8-12)11-19-9-4-10-21-14-6-3-2-5-13(14)19/h2-3,5-6,12,18H,4,7-11H2,1H3,(H2,17,20). The highest BCUT2D eigenvalue weighted by molar-refractivity contribution is 5.85. The third-order valence-corrected chi connectivity index (χ3v) is 4.19. The number of amides is 1. The maximum atomic E-state index is 12.0. The molecule has 3 rings (SSSR count). The Morgan fingerprint density at radius 3 is 2.95 bits per heavy atom. The number of rotatable bonds is 5. The van der Waals surface area contributed by atoms with E-state index in [1.807, 2.05) is 31.2 Å². The second-order valence-corrected chi connectivity index (χ2v) is 6.21. The molecule has 1 heterocycles. The van der Waals surface area contributed by atoms with E-state index in [0.717, 1.165) is 37.2 Å². The lowest BCUT2D eigenvalue weighted by molar-refractivity contribution is -0.123. The second kappa shape index (κ2) is 5.56. The molecular formula is C16H23N3O2. The van der Waals surface area contributed by atoms with Gasteiger partial charge in [0.15, 0.2) is 0 Å². The fourth-order valence-corrected chi connectivity index (χ4v) is 2.82. The van der Waals surface area contributed by atoms with Crippen molar-refractivity contribution in [3.8, 4) is 5.75 Å². The molecule has 114 valence electrons. The Morgan fingerprint density at radius 1 is 1.48 bits per heavy atom. The number of nitrogens with one attached hydrogen (secondary N) is 1. The van der Waals surface area contributed by atoms with Gasteiger partial charge in [0, 0.05) is 19.1 Å². The summed E-state index contributed by atoms with van der Waals surface area (Å²) in [6.07, 6.45) is 3.19. The number of para-hydroxylation sites is 2. The number of primary amides is 1. The molecule has 1 amide bonds. The van der Waals surface area contributed by atoms with E-state index in [2.05, 4.69) is 10.2 Å². The summed E-state index contributed by atoms with van der Waals surface area (Å²) >= 11 is 0. The highest BCUT2D eigenvalue weighted by Crippen LogP contribution is 2.32. The number of benzene rings is 1. The minimum absolute atomic E-state index is 0.294. The van der Waals surface area contributed by atoms with Crippen molar-refractivity contribution >= 4 is 11.6 Å². The minimum Gasteiger partial charge on any atom is -0.491 e. The van der Waals surface area contributed by atoms with Gasteiger partial charge >= 0.3 is 0 Å². The topological polar surface area (TPSA) is 67.6 Å². The molecule has 0 aromatic heterocycles. The average molecular weight is 289 g/mol. The molecule has 1 saturated carbocycles. The van der Waals surface area contributed by atoms with E-state index >= 15 is 0 Å². The molecule has 1 aromatic carbocycles. The van der Waals surface area contributed by atoms with Crippen LogP contribution in [0.15, 0.2) is 24.3 Å². The van der Waals surface area contributed by atoms with E-state index in [-0.39, 0.29) is 5.91 Å². The predicted molar refractivity (Wildman–Crippen MR) is 82.5 cm³/mol. The molecule has 5 heteroatoms. The van der Waals surface area contributed by atoms with Crippen LogP contribution in [0, 0.1) is 0 Å². The molecular weight excluding hydrogens is 266 g/mol. The molecule has 0 bridgehead atoms. The number of ether oxygens (including phenoxy) is 1. The number of nitrogens with two attached hydrogens (primary N) is 1. The summed E-state index contributed by atoms with van der Waals surface area (Å²) in [6.45, 7) is 4.05. The Balaban J connectivity index is 1.83. The first-order chi connectivity index (χ1) is 10.1. The Kier molecular flexibility index (Phi) is 3.76. The predicted octanol–water partition coefficient (Wildman–Crippen LogP) is 1.27. The van der Waals surface area contributed by atoms with E-state index in [1.165, 1.54) is 0 Å². The summed E-state index contributed by atoms with van der Waals surface area (Å²) in [5, 5.41) is 3.41. The molecule has 2 aliphatic rings. The van der Waals surface area contributed by atoms with E-state index < -0.39 is 5.54 Å². The Hall–Kier alpha value is -1.75. The molecule has 21 heavy (non-hydrogen) atoms. The van der Waals surface area contributed by atoms with Crippen molar-refractivity contribution in [1.29, 1.82) is 0 Å². The summed E-state index contributed by atoms with van der Waals surface area (Å²) in [4.78, 5) is 14.2. The lowest BCUT2D eigenvalue weighted by Gasteiger charge is -2.35. The highest BCUT2D eigenvalue weighted by Gasteiger charge is 2.39. The van der Waals surface area contributed by atoms with Crippen LogP contribution in [0.4, 0.5) is 5.69 Å². The minimum atomic E-state index is -0.710. The molecule has 0 spiro atoms. The van der Waals surface area contributed by atoms with Gasteiger partial charge in [0.1, 0.15) is 11.3 Å². The SMILES string of the molecule is CC(CN1CCCOc2ccccc21)(NC1CC1)C(N)=O. The summed E-state index contributed by atoms with van der Waals surface area (Å²) in [5.74, 6) is 0.588. The number of hydrogen-bond acceptors (Lipinski definition) is 4. The zero-order valence-electron chi connectivity index (χ0n) is 12.5. The Labute approximate surface area is 125 Å². The van der Waals surface area contributed by atoms with E-state index in [4.69, 9.17) is 10.5 Å². The van der Waals surface area contributed by atoms with Gasteiger partial charge < -0.3 is 15.4 Å². The van der Waals surface area contributed by atoms with Crippen LogP contribution in [0.25, 0.3) is 0 Å². The summed E-state index contributed by atoms with van der Waals surface area (Å²) in [5.41, 5.74) is 6.00. The fourth-order valence-electron chi connectivity index (χ4n) is 2.82. The average Bonchev–Trinajstić information content (AvgIpc) is 3.27. The molecule has 1 unspecified atom stereocenters. The quantitative estimate of drug-likeness (QED) is 0.856. The largest absolute Gasteiger partial charge is 0.491 e. The molecule has 0 radical (unpaired) electrons. The maximum absolute atomic E-state index is 12.0. The van der Waals surface area contributed by atoms with Crippen molar-refractivity contribution in [2.45, 2.75) is 37.8 Å². The molecule has 3 N–H and O–H groups in total. The summed E-state index contributed by atoms with van der Waals surface area (Å²) in [7, 11) is 0. The first-order valence-electron chi connectivity index (χ1n) is 7.63. The number of fused-ring (bicyclic) bond motifs is 1. The van der Waals surface area contributed by atoms with Gasteiger partial charge in [-0.25, -0.2) is 0 Å². The third-order valence-electron chi connectivity index (χ3n) is 4.19. The van der Waals surface area contributed by atoms with Crippen molar-refractivity contribution in [3.05, 3.63) is 24.3 Å². The van der Waals surface area contributed by atoms with Crippen molar-refractivity contribution in [2.24, 2.45) is 5.73 Å². The first-order valence-corrected chi connectivity index (χ1v) is 7.63. The van der Waals surface area contributed by atoms with Crippen LogP contribution in [-0.2, 0) is 4.79 Å². The highest BCUT2D eigenvalue weighted by atomic mass is 16.5. The lowest BCUT2D eigenvalue weighted by Crippen LogP contribution is -2.60. The van der Waals surface area contributed by atoms with Crippen LogP contribution < -0.4 is 20.7 Å². The molecule has 5 nitrogen and oxygen atoms in total. The molecule has 1 fully saturated rings. The number of anilines is 1. The number of carbonyl (C=O) groups is 1. The Bertz CT molecular complexity index is 530. The molecule has 1 aliphatic carbocycles. The van der Waals surface area contributed by atoms with Crippen LogP contribution in [-0.4, -0.2) is 37.2 Å². The van der Waals surface area contributed by atoms with Gasteiger partial charge in [0.2, 0.25) is 5.91 Å². The van der Waals surface area contributed by atoms with Crippen molar-refractivity contribution in [1.82, 2.24) is 5.32 Å².